The quantitative estimate of drug-likeness (QED) is 0.523. The Morgan fingerprint density at radius 3 is 3.00 bits per heavy atom. The third-order valence-electron chi connectivity index (χ3n) is 3.92. The molecule has 0 fully saturated rings. The Bertz CT molecular complexity index is 1170. The zero-order valence-corrected chi connectivity index (χ0v) is 16.2. The molecule has 0 atom stereocenters. The van der Waals surface area contributed by atoms with Crippen molar-refractivity contribution < 1.29 is 0 Å². The summed E-state index contributed by atoms with van der Waals surface area (Å²) in [4.78, 5) is 21.7. The van der Waals surface area contributed by atoms with E-state index in [-0.39, 0.29) is 5.56 Å². The molecule has 0 bridgehead atoms. The van der Waals surface area contributed by atoms with Gasteiger partial charge in [-0.2, -0.15) is 4.68 Å². The number of nitrogens with one attached hydrogen (secondary N) is 1. The lowest BCUT2D eigenvalue weighted by atomic mass is 10.2. The topological polar surface area (TPSA) is 89.3 Å². The van der Waals surface area contributed by atoms with Gasteiger partial charge in [0.05, 0.1) is 16.8 Å². The normalized spacial score (nSPS) is 11.3. The molecule has 0 saturated carbocycles. The van der Waals surface area contributed by atoms with Gasteiger partial charge in [-0.05, 0) is 48.0 Å². The number of benzene rings is 1. The molecule has 0 aliphatic rings. The van der Waals surface area contributed by atoms with Crippen molar-refractivity contribution in [2.45, 2.75) is 24.8 Å². The van der Waals surface area contributed by atoms with Gasteiger partial charge in [0.15, 0.2) is 0 Å². The van der Waals surface area contributed by atoms with Crippen LogP contribution in [0.1, 0.15) is 16.3 Å². The number of hydrogen-bond donors (Lipinski definition) is 1. The molecule has 3 heterocycles. The van der Waals surface area contributed by atoms with E-state index in [1.54, 1.807) is 16.8 Å². The molecule has 4 aromatic rings. The zero-order valence-electron chi connectivity index (χ0n) is 13.9. The van der Waals surface area contributed by atoms with Gasteiger partial charge in [0.25, 0.3) is 5.56 Å². The number of halogens is 1. The number of thioether (sulfide) groups is 1. The van der Waals surface area contributed by atoms with Gasteiger partial charge in [-0.15, -0.1) is 16.4 Å². The number of aryl methyl sites for hydroxylation is 2. The van der Waals surface area contributed by atoms with Crippen molar-refractivity contribution in [2.24, 2.45) is 0 Å². The molecule has 1 aromatic carbocycles. The van der Waals surface area contributed by atoms with Gasteiger partial charge in [0.2, 0.25) is 5.16 Å². The van der Waals surface area contributed by atoms with Crippen LogP contribution in [0.2, 0.25) is 5.02 Å². The predicted octanol–water partition coefficient (Wildman–Crippen LogP) is 3.52. The molecular formula is C16H13ClN6OS2. The molecule has 0 amide bonds. The van der Waals surface area contributed by atoms with E-state index in [2.05, 4.69) is 25.5 Å². The average Bonchev–Trinajstić information content (AvgIpc) is 3.18. The van der Waals surface area contributed by atoms with E-state index in [1.807, 2.05) is 26.0 Å². The van der Waals surface area contributed by atoms with E-state index in [4.69, 9.17) is 11.6 Å². The van der Waals surface area contributed by atoms with Crippen LogP contribution in [0, 0.1) is 13.8 Å². The molecule has 0 spiro atoms. The Labute approximate surface area is 161 Å². The highest BCUT2D eigenvalue weighted by atomic mass is 35.5. The van der Waals surface area contributed by atoms with Crippen molar-refractivity contribution in [1.82, 2.24) is 30.2 Å². The van der Waals surface area contributed by atoms with Crippen molar-refractivity contribution in [3.05, 3.63) is 55.9 Å². The minimum atomic E-state index is -0.109. The first-order valence-electron chi connectivity index (χ1n) is 7.69. The van der Waals surface area contributed by atoms with Crippen LogP contribution >= 0.6 is 34.7 Å². The van der Waals surface area contributed by atoms with Crippen molar-refractivity contribution in [3.8, 4) is 5.69 Å². The maximum atomic E-state index is 12.4. The molecule has 4 rings (SSSR count). The summed E-state index contributed by atoms with van der Waals surface area (Å²) in [5.41, 5.74) is 1.65. The van der Waals surface area contributed by atoms with E-state index in [0.29, 0.717) is 27.1 Å². The van der Waals surface area contributed by atoms with Crippen molar-refractivity contribution in [1.29, 1.82) is 0 Å². The predicted molar refractivity (Wildman–Crippen MR) is 103 cm³/mol. The molecule has 0 saturated heterocycles. The summed E-state index contributed by atoms with van der Waals surface area (Å²) in [6.45, 7) is 3.94. The van der Waals surface area contributed by atoms with E-state index in [1.165, 1.54) is 23.1 Å². The maximum Gasteiger partial charge on any atom is 0.259 e. The highest BCUT2D eigenvalue weighted by Gasteiger charge is 2.14. The van der Waals surface area contributed by atoms with Crippen LogP contribution in [0.25, 0.3) is 15.9 Å². The van der Waals surface area contributed by atoms with E-state index >= 15 is 0 Å². The van der Waals surface area contributed by atoms with Gasteiger partial charge in [0, 0.05) is 9.90 Å². The maximum absolute atomic E-state index is 12.4. The highest BCUT2D eigenvalue weighted by molar-refractivity contribution is 7.98. The van der Waals surface area contributed by atoms with Crippen molar-refractivity contribution in [2.75, 3.05) is 0 Å². The first-order valence-corrected chi connectivity index (χ1v) is 9.87. The number of thiophene rings is 1. The van der Waals surface area contributed by atoms with Crippen LogP contribution in [-0.4, -0.2) is 30.2 Å². The van der Waals surface area contributed by atoms with Crippen LogP contribution in [0.3, 0.4) is 0 Å². The lowest BCUT2D eigenvalue weighted by Gasteiger charge is -2.04. The Morgan fingerprint density at radius 2 is 2.19 bits per heavy atom. The second-order valence-electron chi connectivity index (χ2n) is 5.62. The van der Waals surface area contributed by atoms with Crippen LogP contribution in [0.5, 0.6) is 0 Å². The van der Waals surface area contributed by atoms with Crippen molar-refractivity contribution in [3.63, 3.8) is 0 Å². The van der Waals surface area contributed by atoms with E-state index in [9.17, 15) is 4.79 Å². The van der Waals surface area contributed by atoms with E-state index < -0.39 is 0 Å². The molecule has 10 heteroatoms. The molecule has 0 aliphatic heterocycles. The van der Waals surface area contributed by atoms with Crippen LogP contribution in [-0.2, 0) is 5.75 Å². The lowest BCUT2D eigenvalue weighted by Crippen LogP contribution is -2.11. The largest absolute Gasteiger partial charge is 0.309 e. The number of hydrogen-bond acceptors (Lipinski definition) is 7. The fourth-order valence-electron chi connectivity index (χ4n) is 2.54. The SMILES string of the molecule is Cc1sc2nc(CSc3nnnn3-c3cccc(Cl)c3)[nH]c(=O)c2c1C. The zero-order chi connectivity index (χ0) is 18.3. The number of nitrogens with zero attached hydrogens (tertiary/aromatic N) is 5. The third-order valence-corrected chi connectivity index (χ3v) is 6.19. The van der Waals surface area contributed by atoms with Gasteiger partial charge in [-0.3, -0.25) is 4.79 Å². The van der Waals surface area contributed by atoms with Gasteiger partial charge < -0.3 is 4.98 Å². The Kier molecular flexibility index (Phi) is 4.51. The Hall–Kier alpha value is -2.23. The molecule has 1 N–H and O–H groups in total. The number of H-pyrrole nitrogens is 1. The number of aromatic nitrogens is 6. The number of aromatic amines is 1. The molecule has 0 aliphatic carbocycles. The fourth-order valence-corrected chi connectivity index (χ4v) is 4.53. The molecule has 0 unspecified atom stereocenters. The Balaban J connectivity index is 1.62. The van der Waals surface area contributed by atoms with Gasteiger partial charge >= 0.3 is 0 Å². The van der Waals surface area contributed by atoms with Crippen LogP contribution in [0.4, 0.5) is 0 Å². The molecule has 3 aromatic heterocycles. The minimum absolute atomic E-state index is 0.109. The monoisotopic (exact) mass is 404 g/mol. The molecule has 26 heavy (non-hydrogen) atoms. The standard InChI is InChI=1S/C16H13ClN6OS2/c1-8-9(2)26-15-13(8)14(24)18-12(19-15)7-25-16-20-21-22-23(16)11-5-3-4-10(17)6-11/h3-6H,7H2,1-2H3,(H,18,19,24). The van der Waals surface area contributed by atoms with Gasteiger partial charge in [-0.25, -0.2) is 4.98 Å². The third kappa shape index (κ3) is 3.13. The summed E-state index contributed by atoms with van der Waals surface area (Å²) in [7, 11) is 0. The first kappa shape index (κ1) is 17.2. The fraction of sp³-hybridized carbons (Fsp3) is 0.188. The second kappa shape index (κ2) is 6.82. The summed E-state index contributed by atoms with van der Waals surface area (Å²) in [5.74, 6) is 1.04. The molecule has 0 radical (unpaired) electrons. The lowest BCUT2D eigenvalue weighted by molar-refractivity contribution is 0.756. The Morgan fingerprint density at radius 1 is 1.35 bits per heavy atom. The second-order valence-corrected chi connectivity index (χ2v) is 8.20. The highest BCUT2D eigenvalue weighted by Crippen LogP contribution is 2.27. The summed E-state index contributed by atoms with van der Waals surface area (Å²) in [5, 5.41) is 13.7. The molecular weight excluding hydrogens is 392 g/mol. The summed E-state index contributed by atoms with van der Waals surface area (Å²) in [6, 6.07) is 7.28. The van der Waals surface area contributed by atoms with E-state index in [0.717, 1.165) is 21.0 Å². The minimum Gasteiger partial charge on any atom is -0.309 e. The molecule has 132 valence electrons. The summed E-state index contributed by atoms with van der Waals surface area (Å²) >= 11 is 8.96. The van der Waals surface area contributed by atoms with Crippen LogP contribution in [0.15, 0.2) is 34.2 Å². The first-order chi connectivity index (χ1) is 12.5. The summed E-state index contributed by atoms with van der Waals surface area (Å²) in [6.07, 6.45) is 0. The average molecular weight is 405 g/mol. The number of tetrazole rings is 1. The van der Waals surface area contributed by atoms with Crippen molar-refractivity contribution >= 4 is 44.9 Å². The van der Waals surface area contributed by atoms with Crippen LogP contribution < -0.4 is 5.56 Å². The number of fused-ring (bicyclic) bond motifs is 1. The molecule has 7 nitrogen and oxygen atoms in total. The smallest absolute Gasteiger partial charge is 0.259 e. The number of rotatable bonds is 4. The van der Waals surface area contributed by atoms with Gasteiger partial charge in [-0.1, -0.05) is 29.4 Å². The van der Waals surface area contributed by atoms with Gasteiger partial charge in [0.1, 0.15) is 10.7 Å². The summed E-state index contributed by atoms with van der Waals surface area (Å²) < 4.78 is 1.60.